The second-order valence-electron chi connectivity index (χ2n) is 4.44. The average molecular weight is 265 g/mol. The molecule has 0 saturated heterocycles. The first-order valence-corrected chi connectivity index (χ1v) is 6.25. The maximum Gasteiger partial charge on any atom is 0.151 e. The van der Waals surface area contributed by atoms with Gasteiger partial charge in [-0.15, -0.1) is 0 Å². The SMILES string of the molecule is CCNCc1c(C)nn(-c2ccc(F)cc2F)c1C. The average Bonchev–Trinajstić information content (AvgIpc) is 2.63. The van der Waals surface area contributed by atoms with Crippen molar-refractivity contribution in [3.05, 3.63) is 46.8 Å². The van der Waals surface area contributed by atoms with Crippen LogP contribution in [-0.2, 0) is 6.54 Å². The van der Waals surface area contributed by atoms with Crippen LogP contribution in [-0.4, -0.2) is 16.3 Å². The van der Waals surface area contributed by atoms with Crippen LogP contribution in [0.25, 0.3) is 5.69 Å². The number of hydrogen-bond donors (Lipinski definition) is 1. The van der Waals surface area contributed by atoms with E-state index in [0.717, 1.165) is 29.6 Å². The van der Waals surface area contributed by atoms with Gasteiger partial charge >= 0.3 is 0 Å². The molecule has 0 radical (unpaired) electrons. The van der Waals surface area contributed by atoms with E-state index in [9.17, 15) is 8.78 Å². The van der Waals surface area contributed by atoms with Gasteiger partial charge in [0.05, 0.1) is 5.69 Å². The van der Waals surface area contributed by atoms with Gasteiger partial charge in [-0.05, 0) is 32.5 Å². The Morgan fingerprint density at radius 3 is 2.63 bits per heavy atom. The highest BCUT2D eigenvalue weighted by molar-refractivity contribution is 5.38. The smallest absolute Gasteiger partial charge is 0.151 e. The third-order valence-electron chi connectivity index (χ3n) is 3.13. The summed E-state index contributed by atoms with van der Waals surface area (Å²) >= 11 is 0. The molecule has 0 saturated carbocycles. The van der Waals surface area contributed by atoms with Crippen LogP contribution in [0.2, 0.25) is 0 Å². The zero-order chi connectivity index (χ0) is 14.0. The molecule has 0 aliphatic heterocycles. The molecule has 102 valence electrons. The Morgan fingerprint density at radius 1 is 1.26 bits per heavy atom. The first-order chi connectivity index (χ1) is 9.04. The lowest BCUT2D eigenvalue weighted by atomic mass is 10.2. The lowest BCUT2D eigenvalue weighted by molar-refractivity contribution is 0.572. The summed E-state index contributed by atoms with van der Waals surface area (Å²) in [6, 6.07) is 3.51. The molecule has 0 aliphatic rings. The standard InChI is InChI=1S/C14H17F2N3/c1-4-17-8-12-9(2)18-19(10(12)3)14-6-5-11(15)7-13(14)16/h5-7,17H,4,8H2,1-3H3. The zero-order valence-electron chi connectivity index (χ0n) is 11.3. The first kappa shape index (κ1) is 13.7. The fraction of sp³-hybridized carbons (Fsp3) is 0.357. The molecule has 2 rings (SSSR count). The van der Waals surface area contributed by atoms with Gasteiger partial charge in [0.2, 0.25) is 0 Å². The maximum atomic E-state index is 13.8. The van der Waals surface area contributed by atoms with Gasteiger partial charge in [0.1, 0.15) is 11.5 Å². The van der Waals surface area contributed by atoms with Crippen molar-refractivity contribution < 1.29 is 8.78 Å². The minimum atomic E-state index is -0.611. The highest BCUT2D eigenvalue weighted by Crippen LogP contribution is 2.20. The largest absolute Gasteiger partial charge is 0.313 e. The van der Waals surface area contributed by atoms with E-state index in [1.165, 1.54) is 16.8 Å². The van der Waals surface area contributed by atoms with E-state index in [1.807, 2.05) is 20.8 Å². The molecule has 1 aromatic carbocycles. The van der Waals surface area contributed by atoms with Crippen molar-refractivity contribution in [1.29, 1.82) is 0 Å². The third kappa shape index (κ3) is 2.66. The van der Waals surface area contributed by atoms with Crippen molar-refractivity contribution in [2.75, 3.05) is 6.54 Å². The van der Waals surface area contributed by atoms with Gasteiger partial charge in [-0.3, -0.25) is 0 Å². The number of nitrogens with one attached hydrogen (secondary N) is 1. The second-order valence-corrected chi connectivity index (χ2v) is 4.44. The molecule has 0 atom stereocenters. The van der Waals surface area contributed by atoms with Crippen LogP contribution >= 0.6 is 0 Å². The predicted molar refractivity (Wildman–Crippen MR) is 70.3 cm³/mol. The molecule has 0 bridgehead atoms. The third-order valence-corrected chi connectivity index (χ3v) is 3.13. The molecule has 3 nitrogen and oxygen atoms in total. The van der Waals surface area contributed by atoms with Crippen LogP contribution in [0.4, 0.5) is 8.78 Å². The highest BCUT2D eigenvalue weighted by Gasteiger charge is 2.15. The zero-order valence-corrected chi connectivity index (χ0v) is 11.3. The summed E-state index contributed by atoms with van der Waals surface area (Å²) in [5.74, 6) is -1.20. The van der Waals surface area contributed by atoms with Crippen LogP contribution in [0.5, 0.6) is 0 Å². The van der Waals surface area contributed by atoms with Crippen LogP contribution in [0.3, 0.4) is 0 Å². The second kappa shape index (κ2) is 5.48. The number of nitrogens with zero attached hydrogens (tertiary/aromatic N) is 2. The van der Waals surface area contributed by atoms with E-state index >= 15 is 0 Å². The molecular weight excluding hydrogens is 248 g/mol. The van der Waals surface area contributed by atoms with Crippen LogP contribution < -0.4 is 5.32 Å². The Kier molecular flexibility index (Phi) is 3.95. The molecule has 5 heteroatoms. The summed E-state index contributed by atoms with van der Waals surface area (Å²) in [7, 11) is 0. The van der Waals surface area contributed by atoms with Gasteiger partial charge in [-0.2, -0.15) is 5.10 Å². The molecule has 1 heterocycles. The lowest BCUT2D eigenvalue weighted by Gasteiger charge is -2.07. The van der Waals surface area contributed by atoms with Crippen molar-refractivity contribution in [3.63, 3.8) is 0 Å². The molecule has 0 fully saturated rings. The van der Waals surface area contributed by atoms with Crippen LogP contribution in [0.1, 0.15) is 23.9 Å². The Morgan fingerprint density at radius 2 is 2.00 bits per heavy atom. The van der Waals surface area contributed by atoms with E-state index in [2.05, 4.69) is 10.4 Å². The molecule has 19 heavy (non-hydrogen) atoms. The maximum absolute atomic E-state index is 13.8. The number of rotatable bonds is 4. The fourth-order valence-corrected chi connectivity index (χ4v) is 2.07. The number of aryl methyl sites for hydroxylation is 1. The van der Waals surface area contributed by atoms with Gasteiger partial charge in [-0.1, -0.05) is 6.92 Å². The van der Waals surface area contributed by atoms with Gasteiger partial charge in [0.25, 0.3) is 0 Å². The van der Waals surface area contributed by atoms with Crippen molar-refractivity contribution in [2.24, 2.45) is 0 Å². The summed E-state index contributed by atoms with van der Waals surface area (Å²) in [6.45, 7) is 7.34. The Balaban J connectivity index is 2.45. The molecule has 1 N–H and O–H groups in total. The number of halogens is 2. The van der Waals surface area contributed by atoms with E-state index < -0.39 is 11.6 Å². The van der Waals surface area contributed by atoms with Crippen molar-refractivity contribution in [2.45, 2.75) is 27.3 Å². The van der Waals surface area contributed by atoms with Gasteiger partial charge in [-0.25, -0.2) is 13.5 Å². The lowest BCUT2D eigenvalue weighted by Crippen LogP contribution is -2.13. The molecule has 2 aromatic rings. The van der Waals surface area contributed by atoms with Crippen molar-refractivity contribution >= 4 is 0 Å². The first-order valence-electron chi connectivity index (χ1n) is 6.25. The summed E-state index contributed by atoms with van der Waals surface area (Å²) in [5, 5.41) is 7.57. The number of hydrogen-bond acceptors (Lipinski definition) is 2. The molecule has 0 amide bonds. The predicted octanol–water partition coefficient (Wildman–Crippen LogP) is 2.88. The van der Waals surface area contributed by atoms with Gasteiger partial charge in [0.15, 0.2) is 5.82 Å². The van der Waals surface area contributed by atoms with Gasteiger partial charge in [0, 0.05) is 23.9 Å². The van der Waals surface area contributed by atoms with Crippen molar-refractivity contribution in [3.8, 4) is 5.69 Å². The van der Waals surface area contributed by atoms with Crippen LogP contribution in [0.15, 0.2) is 18.2 Å². The molecule has 0 unspecified atom stereocenters. The number of benzene rings is 1. The summed E-state index contributed by atoms with van der Waals surface area (Å²) in [6.07, 6.45) is 0. The Labute approximate surface area is 111 Å². The number of aromatic nitrogens is 2. The van der Waals surface area contributed by atoms with E-state index in [-0.39, 0.29) is 5.69 Å². The van der Waals surface area contributed by atoms with Crippen molar-refractivity contribution in [1.82, 2.24) is 15.1 Å². The minimum Gasteiger partial charge on any atom is -0.313 e. The van der Waals surface area contributed by atoms with Crippen LogP contribution in [0, 0.1) is 25.5 Å². The van der Waals surface area contributed by atoms with E-state index in [4.69, 9.17) is 0 Å². The molecule has 0 spiro atoms. The fourth-order valence-electron chi connectivity index (χ4n) is 2.07. The summed E-state index contributed by atoms with van der Waals surface area (Å²) < 4.78 is 28.3. The molecule has 1 aromatic heterocycles. The van der Waals surface area contributed by atoms with E-state index in [0.29, 0.717) is 6.54 Å². The van der Waals surface area contributed by atoms with Gasteiger partial charge < -0.3 is 5.32 Å². The summed E-state index contributed by atoms with van der Waals surface area (Å²) in [5.41, 5.74) is 3.03. The molecular formula is C14H17F2N3. The Hall–Kier alpha value is -1.75. The highest BCUT2D eigenvalue weighted by atomic mass is 19.1. The topological polar surface area (TPSA) is 29.9 Å². The monoisotopic (exact) mass is 265 g/mol. The molecule has 0 aliphatic carbocycles. The quantitative estimate of drug-likeness (QED) is 0.921. The summed E-state index contributed by atoms with van der Waals surface area (Å²) in [4.78, 5) is 0. The normalized spacial score (nSPS) is 11.0. The Bertz CT molecular complexity index is 591. The minimum absolute atomic E-state index is 0.268. The van der Waals surface area contributed by atoms with E-state index in [1.54, 1.807) is 0 Å².